The first-order valence-electron chi connectivity index (χ1n) is 13.2. The largest absolute Gasteiger partial charge is 0.478 e. The lowest BCUT2D eigenvalue weighted by Crippen LogP contribution is -2.56. The molecule has 4 aliphatic carbocycles. The summed E-state index contributed by atoms with van der Waals surface area (Å²) >= 11 is 0. The lowest BCUT2D eigenvalue weighted by atomic mass is 9.44. The van der Waals surface area contributed by atoms with Gasteiger partial charge in [-0.2, -0.15) is 0 Å². The van der Waals surface area contributed by atoms with Crippen molar-refractivity contribution in [2.45, 2.75) is 84.2 Å². The van der Waals surface area contributed by atoms with E-state index < -0.39 is 11.6 Å². The first-order valence-corrected chi connectivity index (χ1v) is 13.2. The summed E-state index contributed by atoms with van der Waals surface area (Å²) in [5, 5.41) is 20.5. The average Bonchev–Trinajstić information content (AvgIpc) is 3.16. The third-order valence-corrected chi connectivity index (χ3v) is 10.8. The van der Waals surface area contributed by atoms with Gasteiger partial charge in [-0.15, -0.1) is 0 Å². The molecule has 0 saturated heterocycles. The molecule has 4 nitrogen and oxygen atoms in total. The molecule has 4 saturated carbocycles. The van der Waals surface area contributed by atoms with Crippen LogP contribution in [0.5, 0.6) is 0 Å². The van der Waals surface area contributed by atoms with Crippen molar-refractivity contribution in [1.82, 2.24) is 0 Å². The van der Waals surface area contributed by atoms with Crippen LogP contribution in [0.4, 0.5) is 0 Å². The number of carboxylic acids is 1. The van der Waals surface area contributed by atoms with Gasteiger partial charge in [0.2, 0.25) is 0 Å². The summed E-state index contributed by atoms with van der Waals surface area (Å²) in [6.45, 7) is 6.68. The molecule has 4 heteroatoms. The number of aliphatic hydroxyl groups is 1. The number of aromatic carboxylic acids is 1. The van der Waals surface area contributed by atoms with Gasteiger partial charge in [-0.05, 0) is 123 Å². The molecule has 4 fully saturated rings. The Kier molecular flexibility index (Phi) is 5.72. The average molecular weight is 463 g/mol. The van der Waals surface area contributed by atoms with Crippen molar-refractivity contribution in [3.8, 4) is 11.8 Å². The SMILES string of the molecule is CC(=O)[C@H]1CC[C@H]2[C@@H]3CCC4CC(O)(C#Cc5ccc(C(=O)O)cc5)CC[C@]4(C)[C@H]3CC[C@]12C. The van der Waals surface area contributed by atoms with E-state index in [-0.39, 0.29) is 22.3 Å². The number of fused-ring (bicyclic) bond motifs is 5. The lowest BCUT2D eigenvalue weighted by molar-refractivity contribution is -0.144. The molecular weight excluding hydrogens is 424 g/mol. The van der Waals surface area contributed by atoms with Gasteiger partial charge >= 0.3 is 5.97 Å². The second kappa shape index (κ2) is 8.23. The first kappa shape index (κ1) is 23.6. The van der Waals surface area contributed by atoms with Gasteiger partial charge in [0.1, 0.15) is 11.4 Å². The summed E-state index contributed by atoms with van der Waals surface area (Å²) < 4.78 is 0. The van der Waals surface area contributed by atoms with E-state index in [0.29, 0.717) is 30.0 Å². The van der Waals surface area contributed by atoms with Gasteiger partial charge < -0.3 is 10.2 Å². The fourth-order valence-electron chi connectivity index (χ4n) is 8.91. The highest BCUT2D eigenvalue weighted by Crippen LogP contribution is 2.68. The standard InChI is InChI=1S/C30H38O4/c1-19(31)24-10-11-25-23-9-8-22-18-30(34,15-12-20-4-6-21(7-5-20)27(32)33)17-16-28(22,2)26(23)13-14-29(24,25)3/h4-7,22-26,34H,8-11,13-14,16-18H2,1-3H3,(H,32,33)/t22?,23-,24+,25-,26-,28-,29+,30?/m0/s1. The van der Waals surface area contributed by atoms with E-state index in [1.54, 1.807) is 31.2 Å². The zero-order valence-corrected chi connectivity index (χ0v) is 20.8. The van der Waals surface area contributed by atoms with Gasteiger partial charge in [-0.25, -0.2) is 4.79 Å². The van der Waals surface area contributed by atoms with Gasteiger partial charge in [-0.1, -0.05) is 25.7 Å². The van der Waals surface area contributed by atoms with E-state index in [0.717, 1.165) is 37.2 Å². The Morgan fingerprint density at radius 3 is 2.29 bits per heavy atom. The van der Waals surface area contributed by atoms with Gasteiger partial charge in [0.15, 0.2) is 0 Å². The highest BCUT2D eigenvalue weighted by molar-refractivity contribution is 5.87. The predicted octanol–water partition coefficient (Wildman–Crippen LogP) is 5.72. The van der Waals surface area contributed by atoms with E-state index in [4.69, 9.17) is 5.11 Å². The maximum Gasteiger partial charge on any atom is 0.335 e. The number of hydrogen-bond acceptors (Lipinski definition) is 3. The van der Waals surface area contributed by atoms with Crippen molar-refractivity contribution in [3.63, 3.8) is 0 Å². The molecule has 4 aliphatic rings. The van der Waals surface area contributed by atoms with Crippen LogP contribution in [0.25, 0.3) is 0 Å². The summed E-state index contributed by atoms with van der Waals surface area (Å²) in [4.78, 5) is 23.4. The third kappa shape index (κ3) is 3.72. The summed E-state index contributed by atoms with van der Waals surface area (Å²) in [7, 11) is 0. The monoisotopic (exact) mass is 462 g/mol. The van der Waals surface area contributed by atoms with E-state index >= 15 is 0 Å². The number of Topliss-reactive ketones (excluding diaryl/α,β-unsaturated/α-hetero) is 1. The van der Waals surface area contributed by atoms with Gasteiger partial charge in [-0.3, -0.25) is 4.79 Å². The summed E-state index contributed by atoms with van der Waals surface area (Å²) in [5.74, 6) is 8.53. The molecule has 0 spiro atoms. The maximum atomic E-state index is 12.4. The number of hydrogen-bond donors (Lipinski definition) is 2. The van der Waals surface area contributed by atoms with Crippen LogP contribution in [0.3, 0.4) is 0 Å². The molecule has 1 aromatic carbocycles. The smallest absolute Gasteiger partial charge is 0.335 e. The molecule has 5 rings (SSSR count). The fourth-order valence-corrected chi connectivity index (χ4v) is 8.91. The number of benzene rings is 1. The molecule has 0 aromatic heterocycles. The van der Waals surface area contributed by atoms with Crippen molar-refractivity contribution < 1.29 is 19.8 Å². The topological polar surface area (TPSA) is 74.6 Å². The minimum absolute atomic E-state index is 0.188. The van der Waals surface area contributed by atoms with E-state index in [9.17, 15) is 14.7 Å². The quantitative estimate of drug-likeness (QED) is 0.552. The molecule has 2 N–H and O–H groups in total. The minimum atomic E-state index is -0.973. The Morgan fingerprint density at radius 2 is 1.62 bits per heavy atom. The molecule has 8 atom stereocenters. The highest BCUT2D eigenvalue weighted by Gasteiger charge is 2.61. The molecule has 0 amide bonds. The van der Waals surface area contributed by atoms with Crippen LogP contribution in [0, 0.1) is 52.3 Å². The molecular formula is C30H38O4. The number of ketones is 1. The Balaban J connectivity index is 1.32. The van der Waals surface area contributed by atoms with E-state index in [1.807, 2.05) is 0 Å². The molecule has 2 unspecified atom stereocenters. The van der Waals surface area contributed by atoms with Crippen LogP contribution in [0.2, 0.25) is 0 Å². The second-order valence-corrected chi connectivity index (χ2v) is 12.3. The van der Waals surface area contributed by atoms with Crippen LogP contribution in [-0.2, 0) is 4.79 Å². The normalized spacial score (nSPS) is 43.0. The van der Waals surface area contributed by atoms with Crippen LogP contribution in [0.15, 0.2) is 24.3 Å². The van der Waals surface area contributed by atoms with Crippen LogP contribution < -0.4 is 0 Å². The van der Waals surface area contributed by atoms with Crippen molar-refractivity contribution in [2.75, 3.05) is 0 Å². The van der Waals surface area contributed by atoms with E-state index in [1.165, 1.54) is 25.7 Å². The summed E-state index contributed by atoms with van der Waals surface area (Å²) in [6, 6.07) is 6.55. The fraction of sp³-hybridized carbons (Fsp3) is 0.667. The molecule has 1 aromatic rings. The number of carbonyl (C=O) groups excluding carboxylic acids is 1. The Hall–Kier alpha value is -2.12. The number of carbonyl (C=O) groups is 2. The van der Waals surface area contributed by atoms with Gasteiger partial charge in [0.25, 0.3) is 0 Å². The highest BCUT2D eigenvalue weighted by atomic mass is 16.4. The third-order valence-electron chi connectivity index (χ3n) is 10.8. The minimum Gasteiger partial charge on any atom is -0.478 e. The molecule has 0 heterocycles. The van der Waals surface area contributed by atoms with Crippen LogP contribution in [0.1, 0.15) is 94.5 Å². The second-order valence-electron chi connectivity index (χ2n) is 12.3. The molecule has 0 aliphatic heterocycles. The Morgan fingerprint density at radius 1 is 0.912 bits per heavy atom. The van der Waals surface area contributed by atoms with Crippen molar-refractivity contribution in [2.24, 2.45) is 40.4 Å². The summed E-state index contributed by atoms with van der Waals surface area (Å²) in [6.07, 6.45) is 9.45. The Labute approximate surface area is 203 Å². The zero-order chi connectivity index (χ0) is 24.3. The number of rotatable bonds is 2. The van der Waals surface area contributed by atoms with Gasteiger partial charge in [0.05, 0.1) is 5.56 Å². The molecule has 0 bridgehead atoms. The lowest BCUT2D eigenvalue weighted by Gasteiger charge is -2.61. The number of carboxylic acid groups (broad SMARTS) is 1. The molecule has 0 radical (unpaired) electrons. The zero-order valence-electron chi connectivity index (χ0n) is 20.8. The molecule has 182 valence electrons. The summed E-state index contributed by atoms with van der Waals surface area (Å²) in [5.41, 5.74) is 0.444. The van der Waals surface area contributed by atoms with Crippen molar-refractivity contribution in [3.05, 3.63) is 35.4 Å². The molecule has 34 heavy (non-hydrogen) atoms. The van der Waals surface area contributed by atoms with E-state index in [2.05, 4.69) is 25.7 Å². The van der Waals surface area contributed by atoms with Crippen molar-refractivity contribution in [1.29, 1.82) is 0 Å². The Bertz CT molecular complexity index is 1050. The first-order chi connectivity index (χ1) is 16.1. The van der Waals surface area contributed by atoms with Crippen LogP contribution in [-0.4, -0.2) is 27.6 Å². The predicted molar refractivity (Wildman–Crippen MR) is 131 cm³/mol. The van der Waals surface area contributed by atoms with Gasteiger partial charge in [0, 0.05) is 11.5 Å². The van der Waals surface area contributed by atoms with Crippen LogP contribution >= 0.6 is 0 Å². The van der Waals surface area contributed by atoms with Crippen molar-refractivity contribution >= 4 is 11.8 Å². The maximum absolute atomic E-state index is 12.4.